The molecule has 4 N–H and O–H groups in total. The van der Waals surface area contributed by atoms with Gasteiger partial charge in [-0.2, -0.15) is 0 Å². The molecule has 0 saturated heterocycles. The summed E-state index contributed by atoms with van der Waals surface area (Å²) in [4.78, 5) is 4.02. The van der Waals surface area contributed by atoms with Gasteiger partial charge in [-0.1, -0.05) is 30.3 Å². The summed E-state index contributed by atoms with van der Waals surface area (Å²) in [5.74, 6) is 0. The predicted octanol–water partition coefficient (Wildman–Crippen LogP) is 1.91. The number of benzene rings is 1. The Labute approximate surface area is 82.4 Å². The Morgan fingerprint density at radius 3 is 2.36 bits per heavy atom. The van der Waals surface area contributed by atoms with Crippen LogP contribution < -0.4 is 11.5 Å². The van der Waals surface area contributed by atoms with Crippen molar-refractivity contribution >= 4 is 11.4 Å². The van der Waals surface area contributed by atoms with Crippen LogP contribution in [0, 0.1) is 0 Å². The van der Waals surface area contributed by atoms with Gasteiger partial charge in [-0.3, -0.25) is 4.98 Å². The van der Waals surface area contributed by atoms with Gasteiger partial charge in [0, 0.05) is 11.8 Å². The van der Waals surface area contributed by atoms with E-state index in [9.17, 15) is 0 Å². The van der Waals surface area contributed by atoms with Crippen molar-refractivity contribution in [1.82, 2.24) is 4.98 Å². The highest BCUT2D eigenvalue weighted by Crippen LogP contribution is 2.28. The van der Waals surface area contributed by atoms with Crippen LogP contribution in [-0.4, -0.2) is 4.98 Å². The van der Waals surface area contributed by atoms with Gasteiger partial charge in [0.05, 0.1) is 17.6 Å². The number of nitrogens with zero attached hydrogens (tertiary/aromatic N) is 1. The molecular formula is C11H11N3. The molecule has 0 unspecified atom stereocenters. The van der Waals surface area contributed by atoms with Gasteiger partial charge in [-0.25, -0.2) is 0 Å². The molecular weight excluding hydrogens is 174 g/mol. The number of rotatable bonds is 1. The third-order valence-corrected chi connectivity index (χ3v) is 2.10. The van der Waals surface area contributed by atoms with Crippen LogP contribution in [0.15, 0.2) is 42.7 Å². The number of aromatic nitrogens is 1. The molecule has 0 atom stereocenters. The lowest BCUT2D eigenvalue weighted by atomic mass is 10.1. The van der Waals surface area contributed by atoms with Gasteiger partial charge in [0.2, 0.25) is 0 Å². The second-order valence-electron chi connectivity index (χ2n) is 3.06. The van der Waals surface area contributed by atoms with Crippen LogP contribution in [0.25, 0.3) is 11.1 Å². The number of nitrogen functional groups attached to an aromatic ring is 2. The van der Waals surface area contributed by atoms with Gasteiger partial charge in [-0.05, 0) is 5.56 Å². The van der Waals surface area contributed by atoms with E-state index in [1.165, 1.54) is 0 Å². The normalized spacial score (nSPS) is 10.0. The molecule has 0 aliphatic carbocycles. The Morgan fingerprint density at radius 1 is 0.929 bits per heavy atom. The van der Waals surface area contributed by atoms with E-state index < -0.39 is 0 Å². The molecule has 0 saturated carbocycles. The lowest BCUT2D eigenvalue weighted by molar-refractivity contribution is 1.33. The second-order valence-corrected chi connectivity index (χ2v) is 3.06. The lowest BCUT2D eigenvalue weighted by Crippen LogP contribution is -1.97. The summed E-state index contributed by atoms with van der Waals surface area (Å²) in [5.41, 5.74) is 14.5. The van der Waals surface area contributed by atoms with E-state index in [0.717, 1.165) is 11.1 Å². The fourth-order valence-corrected chi connectivity index (χ4v) is 1.33. The minimum atomic E-state index is 0.520. The third-order valence-electron chi connectivity index (χ3n) is 2.10. The summed E-state index contributed by atoms with van der Waals surface area (Å²) >= 11 is 0. The predicted molar refractivity (Wildman–Crippen MR) is 58.5 cm³/mol. The van der Waals surface area contributed by atoms with E-state index in [1.54, 1.807) is 12.4 Å². The van der Waals surface area contributed by atoms with E-state index in [2.05, 4.69) is 4.98 Å². The zero-order valence-corrected chi connectivity index (χ0v) is 7.64. The maximum absolute atomic E-state index is 5.85. The summed E-state index contributed by atoms with van der Waals surface area (Å²) in [6.45, 7) is 0. The number of anilines is 2. The molecule has 70 valence electrons. The summed E-state index contributed by atoms with van der Waals surface area (Å²) in [6.07, 6.45) is 3.28. The van der Waals surface area contributed by atoms with Crippen LogP contribution in [0.3, 0.4) is 0 Å². The first kappa shape index (κ1) is 8.56. The summed E-state index contributed by atoms with van der Waals surface area (Å²) < 4.78 is 0. The third kappa shape index (κ3) is 1.40. The van der Waals surface area contributed by atoms with Crippen molar-refractivity contribution in [3.05, 3.63) is 42.7 Å². The molecule has 0 amide bonds. The zero-order valence-electron chi connectivity index (χ0n) is 7.64. The quantitative estimate of drug-likeness (QED) is 0.713. The molecule has 0 aliphatic rings. The average molecular weight is 185 g/mol. The van der Waals surface area contributed by atoms with Gasteiger partial charge < -0.3 is 11.5 Å². The molecule has 1 heterocycles. The lowest BCUT2D eigenvalue weighted by Gasteiger charge is -2.06. The summed E-state index contributed by atoms with van der Waals surface area (Å²) in [6, 6.07) is 9.83. The first-order valence-corrected chi connectivity index (χ1v) is 4.33. The van der Waals surface area contributed by atoms with Crippen molar-refractivity contribution < 1.29 is 0 Å². The molecule has 2 aromatic rings. The first-order chi connectivity index (χ1) is 6.79. The number of pyridine rings is 1. The monoisotopic (exact) mass is 185 g/mol. The Hall–Kier alpha value is -2.03. The highest BCUT2D eigenvalue weighted by atomic mass is 14.7. The molecule has 3 heteroatoms. The van der Waals surface area contributed by atoms with Crippen LogP contribution in [0.2, 0.25) is 0 Å². The van der Waals surface area contributed by atoms with E-state index in [-0.39, 0.29) is 0 Å². The van der Waals surface area contributed by atoms with Crippen LogP contribution >= 0.6 is 0 Å². The Morgan fingerprint density at radius 2 is 1.64 bits per heavy atom. The maximum Gasteiger partial charge on any atom is 0.0740 e. The molecule has 0 fully saturated rings. The maximum atomic E-state index is 5.85. The fraction of sp³-hybridized carbons (Fsp3) is 0. The van der Waals surface area contributed by atoms with Gasteiger partial charge >= 0.3 is 0 Å². The SMILES string of the molecule is Nc1cncc(-c2ccccc2)c1N. The smallest absolute Gasteiger partial charge is 0.0740 e. The van der Waals surface area contributed by atoms with Crippen molar-refractivity contribution in [3.63, 3.8) is 0 Å². The Kier molecular flexibility index (Phi) is 2.07. The largest absolute Gasteiger partial charge is 0.396 e. The van der Waals surface area contributed by atoms with Gasteiger partial charge in [0.25, 0.3) is 0 Å². The number of hydrogen-bond acceptors (Lipinski definition) is 3. The standard InChI is InChI=1S/C11H11N3/c12-10-7-14-6-9(11(10)13)8-4-2-1-3-5-8/h1-7H,12H2,(H2,13,14). The first-order valence-electron chi connectivity index (χ1n) is 4.33. The van der Waals surface area contributed by atoms with Crippen molar-refractivity contribution in [3.8, 4) is 11.1 Å². The molecule has 3 nitrogen and oxygen atoms in total. The highest BCUT2D eigenvalue weighted by Gasteiger charge is 2.04. The van der Waals surface area contributed by atoms with Crippen LogP contribution in [0.1, 0.15) is 0 Å². The van der Waals surface area contributed by atoms with Crippen LogP contribution in [-0.2, 0) is 0 Å². The molecule has 0 bridgehead atoms. The van der Waals surface area contributed by atoms with Crippen LogP contribution in [0.4, 0.5) is 11.4 Å². The average Bonchev–Trinajstić information content (AvgIpc) is 2.23. The van der Waals surface area contributed by atoms with Crippen molar-refractivity contribution in [2.75, 3.05) is 11.5 Å². The summed E-state index contributed by atoms with van der Waals surface area (Å²) in [7, 11) is 0. The molecule has 2 rings (SSSR count). The van der Waals surface area contributed by atoms with Crippen molar-refractivity contribution in [2.24, 2.45) is 0 Å². The Balaban J connectivity index is 2.58. The molecule has 0 spiro atoms. The molecule has 1 aromatic heterocycles. The van der Waals surface area contributed by atoms with E-state index in [4.69, 9.17) is 11.5 Å². The van der Waals surface area contributed by atoms with Crippen molar-refractivity contribution in [2.45, 2.75) is 0 Å². The van der Waals surface area contributed by atoms with E-state index in [1.807, 2.05) is 30.3 Å². The Bertz CT molecular complexity index is 438. The van der Waals surface area contributed by atoms with Gasteiger partial charge in [-0.15, -0.1) is 0 Å². The number of hydrogen-bond donors (Lipinski definition) is 2. The van der Waals surface area contributed by atoms with Gasteiger partial charge in [0.15, 0.2) is 0 Å². The molecule has 1 aromatic carbocycles. The zero-order chi connectivity index (χ0) is 9.97. The molecule has 14 heavy (non-hydrogen) atoms. The molecule has 0 radical (unpaired) electrons. The number of nitrogens with two attached hydrogens (primary N) is 2. The minimum absolute atomic E-state index is 0.520. The fourth-order valence-electron chi connectivity index (χ4n) is 1.33. The van der Waals surface area contributed by atoms with E-state index >= 15 is 0 Å². The van der Waals surface area contributed by atoms with Gasteiger partial charge in [0.1, 0.15) is 0 Å². The van der Waals surface area contributed by atoms with Crippen LogP contribution in [0.5, 0.6) is 0 Å². The topological polar surface area (TPSA) is 64.9 Å². The van der Waals surface area contributed by atoms with Crippen molar-refractivity contribution in [1.29, 1.82) is 0 Å². The minimum Gasteiger partial charge on any atom is -0.396 e. The highest BCUT2D eigenvalue weighted by molar-refractivity contribution is 5.82. The summed E-state index contributed by atoms with van der Waals surface area (Å²) in [5, 5.41) is 0. The van der Waals surface area contributed by atoms with E-state index in [0.29, 0.717) is 11.4 Å². The molecule has 0 aliphatic heterocycles. The second kappa shape index (κ2) is 3.38.